The molecule has 0 bridgehead atoms. The van der Waals surface area contributed by atoms with Crippen molar-refractivity contribution >= 4 is 22.7 Å². The fourth-order valence-electron chi connectivity index (χ4n) is 3.57. The van der Waals surface area contributed by atoms with Crippen molar-refractivity contribution in [3.8, 4) is 11.8 Å². The van der Waals surface area contributed by atoms with Crippen molar-refractivity contribution in [2.24, 2.45) is 0 Å². The van der Waals surface area contributed by atoms with E-state index in [4.69, 9.17) is 0 Å². The lowest BCUT2D eigenvalue weighted by Crippen LogP contribution is -2.10. The quantitative estimate of drug-likeness (QED) is 0.491. The summed E-state index contributed by atoms with van der Waals surface area (Å²) in [6, 6.07) is 9.31. The summed E-state index contributed by atoms with van der Waals surface area (Å²) >= 11 is 3.99. The molecule has 0 radical (unpaired) electrons. The van der Waals surface area contributed by atoms with Crippen molar-refractivity contribution < 1.29 is 0 Å². The van der Waals surface area contributed by atoms with Gasteiger partial charge >= 0.3 is 0 Å². The first-order valence-electron chi connectivity index (χ1n) is 9.47. The van der Waals surface area contributed by atoms with Crippen LogP contribution in [-0.4, -0.2) is 0 Å². The van der Waals surface area contributed by atoms with Gasteiger partial charge in [0.05, 0.1) is 4.88 Å². The second-order valence-electron chi connectivity index (χ2n) is 6.86. The maximum atomic E-state index is 3.32. The number of hydrogen-bond donors (Lipinski definition) is 0. The van der Waals surface area contributed by atoms with E-state index in [1.165, 1.54) is 43.4 Å². The molecule has 2 aromatic heterocycles. The van der Waals surface area contributed by atoms with Crippen molar-refractivity contribution in [1.82, 2.24) is 0 Å². The van der Waals surface area contributed by atoms with Gasteiger partial charge in [-0.1, -0.05) is 32.1 Å². The summed E-state index contributed by atoms with van der Waals surface area (Å²) in [5.74, 6) is 8.17. The fraction of sp³-hybridized carbons (Fsp3) is 0.545. The molecule has 0 N–H and O–H groups in total. The van der Waals surface area contributed by atoms with Crippen LogP contribution in [-0.2, 0) is 6.42 Å². The van der Waals surface area contributed by atoms with Gasteiger partial charge in [-0.2, -0.15) is 0 Å². The van der Waals surface area contributed by atoms with E-state index in [0.29, 0.717) is 0 Å². The van der Waals surface area contributed by atoms with Crippen LogP contribution in [0.1, 0.15) is 90.1 Å². The Balaban J connectivity index is 1.56. The van der Waals surface area contributed by atoms with Gasteiger partial charge in [0, 0.05) is 21.1 Å². The monoisotopic (exact) mass is 356 g/mol. The van der Waals surface area contributed by atoms with Gasteiger partial charge in [0.1, 0.15) is 0 Å². The van der Waals surface area contributed by atoms with E-state index in [-0.39, 0.29) is 0 Å². The maximum Gasteiger partial charge on any atom is 0.0771 e. The molecule has 2 aromatic rings. The summed E-state index contributed by atoms with van der Waals surface area (Å²) in [6.07, 6.45) is 10.1. The van der Waals surface area contributed by atoms with Crippen molar-refractivity contribution in [2.45, 2.75) is 77.0 Å². The van der Waals surface area contributed by atoms with E-state index in [2.05, 4.69) is 61.3 Å². The van der Waals surface area contributed by atoms with E-state index in [9.17, 15) is 0 Å². The van der Waals surface area contributed by atoms with Crippen LogP contribution < -0.4 is 0 Å². The normalized spacial score (nSPS) is 20.6. The van der Waals surface area contributed by atoms with Crippen molar-refractivity contribution in [3.63, 3.8) is 0 Å². The van der Waals surface area contributed by atoms with Crippen molar-refractivity contribution in [1.29, 1.82) is 0 Å². The minimum absolute atomic E-state index is 0.767. The molecule has 0 aromatic carbocycles. The summed E-state index contributed by atoms with van der Waals surface area (Å²) in [5.41, 5.74) is 0. The average Bonchev–Trinajstić information content (AvgIpc) is 3.25. The molecule has 0 nitrogen and oxygen atoms in total. The first-order valence-corrected chi connectivity index (χ1v) is 11.1. The van der Waals surface area contributed by atoms with Crippen LogP contribution in [0.5, 0.6) is 0 Å². The van der Waals surface area contributed by atoms with E-state index >= 15 is 0 Å². The number of rotatable bonds is 5. The Morgan fingerprint density at radius 3 is 2.21 bits per heavy atom. The number of unbranched alkanes of at least 4 members (excludes halogenated alkanes) is 1. The van der Waals surface area contributed by atoms with Crippen LogP contribution >= 0.6 is 22.7 Å². The molecule has 1 aliphatic rings. The minimum Gasteiger partial charge on any atom is -0.145 e. The second-order valence-corrected chi connectivity index (χ2v) is 9.17. The topological polar surface area (TPSA) is 0 Å². The molecule has 0 amide bonds. The first kappa shape index (κ1) is 17.8. The number of thiophene rings is 2. The lowest BCUT2D eigenvalue weighted by Gasteiger charge is -2.27. The van der Waals surface area contributed by atoms with Gasteiger partial charge in [-0.3, -0.25) is 0 Å². The van der Waals surface area contributed by atoms with Crippen LogP contribution in [0.25, 0.3) is 0 Å². The minimum atomic E-state index is 0.767. The van der Waals surface area contributed by atoms with Gasteiger partial charge in [0.25, 0.3) is 0 Å². The molecule has 2 heterocycles. The smallest absolute Gasteiger partial charge is 0.0771 e. The average molecular weight is 357 g/mol. The van der Waals surface area contributed by atoms with Gasteiger partial charge in [-0.15, -0.1) is 22.7 Å². The Hall–Kier alpha value is -1.04. The highest BCUT2D eigenvalue weighted by atomic mass is 32.1. The van der Waals surface area contributed by atoms with E-state index in [1.807, 2.05) is 11.3 Å². The lowest BCUT2D eigenvalue weighted by atomic mass is 9.81. The largest absolute Gasteiger partial charge is 0.145 e. The molecular weight excluding hydrogens is 328 g/mol. The van der Waals surface area contributed by atoms with Crippen molar-refractivity contribution in [3.05, 3.63) is 43.8 Å². The zero-order valence-electron chi connectivity index (χ0n) is 14.9. The van der Waals surface area contributed by atoms with Crippen LogP contribution in [0.2, 0.25) is 0 Å². The molecule has 0 aliphatic heterocycles. The summed E-state index contributed by atoms with van der Waals surface area (Å²) in [4.78, 5) is 6.02. The molecule has 2 heteroatoms. The predicted octanol–water partition coefficient (Wildman–Crippen LogP) is 7.36. The van der Waals surface area contributed by atoms with Gasteiger partial charge in [0.15, 0.2) is 0 Å². The molecule has 0 atom stereocenters. The first-order chi connectivity index (χ1) is 11.8. The van der Waals surface area contributed by atoms with Crippen LogP contribution in [0.4, 0.5) is 0 Å². The van der Waals surface area contributed by atoms with E-state index in [1.54, 1.807) is 14.6 Å². The van der Waals surface area contributed by atoms with Gasteiger partial charge < -0.3 is 0 Å². The molecule has 1 fully saturated rings. The van der Waals surface area contributed by atoms with Crippen molar-refractivity contribution in [2.75, 3.05) is 0 Å². The highest BCUT2D eigenvalue weighted by molar-refractivity contribution is 7.12. The summed E-state index contributed by atoms with van der Waals surface area (Å²) in [7, 11) is 0. The lowest BCUT2D eigenvalue weighted by molar-refractivity contribution is 0.403. The fourth-order valence-corrected chi connectivity index (χ4v) is 5.91. The molecule has 3 rings (SSSR count). The molecular formula is C22H28S2. The Morgan fingerprint density at radius 2 is 1.54 bits per heavy atom. The summed E-state index contributed by atoms with van der Waals surface area (Å²) in [6.45, 7) is 4.46. The molecule has 0 unspecified atom stereocenters. The third-order valence-corrected chi connectivity index (χ3v) is 7.39. The highest BCUT2D eigenvalue weighted by Crippen LogP contribution is 2.43. The van der Waals surface area contributed by atoms with Gasteiger partial charge in [-0.25, -0.2) is 0 Å². The molecule has 0 saturated heterocycles. The van der Waals surface area contributed by atoms with Gasteiger partial charge in [0.2, 0.25) is 0 Å². The van der Waals surface area contributed by atoms with Crippen LogP contribution in [0.3, 0.4) is 0 Å². The van der Waals surface area contributed by atoms with E-state index in [0.717, 1.165) is 24.7 Å². The third kappa shape index (κ3) is 4.52. The molecule has 128 valence electrons. The summed E-state index contributed by atoms with van der Waals surface area (Å²) < 4.78 is 0. The molecule has 1 saturated carbocycles. The highest BCUT2D eigenvalue weighted by Gasteiger charge is 2.25. The third-order valence-electron chi connectivity index (χ3n) is 4.92. The van der Waals surface area contributed by atoms with Crippen LogP contribution in [0, 0.1) is 11.8 Å². The maximum absolute atomic E-state index is 3.32. The Bertz CT molecular complexity index is 687. The number of aryl methyl sites for hydroxylation is 1. The summed E-state index contributed by atoms with van der Waals surface area (Å²) in [5, 5.41) is 0. The predicted molar refractivity (Wildman–Crippen MR) is 108 cm³/mol. The number of hydrogen-bond acceptors (Lipinski definition) is 2. The SMILES string of the molecule is CCCC#Cc1ccc(C2CCC(c3ccc(CCC)s3)CC2)s1. The molecule has 0 spiro atoms. The Kier molecular flexibility index (Phi) is 6.58. The molecule has 24 heavy (non-hydrogen) atoms. The zero-order valence-corrected chi connectivity index (χ0v) is 16.6. The zero-order chi connectivity index (χ0) is 16.8. The Morgan fingerprint density at radius 1 is 0.875 bits per heavy atom. The van der Waals surface area contributed by atoms with Gasteiger partial charge in [-0.05, 0) is 74.6 Å². The van der Waals surface area contributed by atoms with Crippen LogP contribution in [0.15, 0.2) is 24.3 Å². The second kappa shape index (κ2) is 8.88. The molecule has 1 aliphatic carbocycles. The van der Waals surface area contributed by atoms with E-state index < -0.39 is 0 Å². The Labute approximate surface area is 155 Å². The standard InChI is InChI=1S/C22H28S2/c1-3-5-6-8-20-14-16-22(24-20)18-11-9-17(10-12-18)21-15-13-19(23-21)7-4-2/h13-18H,3-5,7,9-12H2,1-2H3.